The Bertz CT molecular complexity index is 3060. The molecule has 10 aromatic rings. The highest BCUT2D eigenvalue weighted by Gasteiger charge is 2.20. The van der Waals surface area contributed by atoms with E-state index >= 15 is 0 Å². The van der Waals surface area contributed by atoms with Gasteiger partial charge in [-0.2, -0.15) is 0 Å². The number of aromatic nitrogens is 4. The third-order valence-corrected chi connectivity index (χ3v) is 11.3. The summed E-state index contributed by atoms with van der Waals surface area (Å²) < 4.78 is 2.38. The van der Waals surface area contributed by atoms with Crippen molar-refractivity contribution in [2.24, 2.45) is 0 Å². The average Bonchev–Trinajstić information content (AvgIpc) is 3.62. The van der Waals surface area contributed by atoms with Gasteiger partial charge < -0.3 is 4.57 Å². The van der Waals surface area contributed by atoms with E-state index in [-0.39, 0.29) is 5.92 Å². The maximum atomic E-state index is 5.12. The normalized spacial score (nSPS) is 11.9. The second-order valence-corrected chi connectivity index (χ2v) is 14.9. The van der Waals surface area contributed by atoms with Crippen LogP contribution in [-0.2, 0) is 0 Å². The van der Waals surface area contributed by atoms with E-state index in [9.17, 15) is 0 Å². The molecule has 0 amide bonds. The average molecular weight is 745 g/mol. The molecule has 0 aliphatic carbocycles. The van der Waals surface area contributed by atoms with Gasteiger partial charge in [-0.25, -0.2) is 15.0 Å². The fourth-order valence-electron chi connectivity index (χ4n) is 8.31. The fraction of sp³-hybridized carbons (Fsp3) is 0.0556. The van der Waals surface area contributed by atoms with Crippen LogP contribution in [0, 0.1) is 6.92 Å². The van der Waals surface area contributed by atoms with Crippen LogP contribution in [0.3, 0.4) is 0 Å². The summed E-state index contributed by atoms with van der Waals surface area (Å²) in [6, 6.07) is 70.7. The predicted molar refractivity (Wildman–Crippen MR) is 240 cm³/mol. The van der Waals surface area contributed by atoms with Crippen molar-refractivity contribution in [3.8, 4) is 62.1 Å². The molecule has 0 radical (unpaired) electrons. The van der Waals surface area contributed by atoms with Gasteiger partial charge in [0.25, 0.3) is 0 Å². The van der Waals surface area contributed by atoms with E-state index in [2.05, 4.69) is 182 Å². The zero-order valence-corrected chi connectivity index (χ0v) is 32.4. The summed E-state index contributed by atoms with van der Waals surface area (Å²) in [5.74, 6) is 2.15. The van der Waals surface area contributed by atoms with Crippen LogP contribution in [0.5, 0.6) is 0 Å². The Balaban J connectivity index is 1.10. The van der Waals surface area contributed by atoms with Gasteiger partial charge in [0.15, 0.2) is 17.5 Å². The Morgan fingerprint density at radius 1 is 0.397 bits per heavy atom. The molecule has 10 rings (SSSR count). The van der Waals surface area contributed by atoms with E-state index < -0.39 is 0 Å². The molecule has 276 valence electrons. The lowest BCUT2D eigenvalue weighted by molar-refractivity contribution is 0.924. The third-order valence-electron chi connectivity index (χ3n) is 11.3. The molecule has 0 aliphatic heterocycles. The molecule has 1 atom stereocenters. The largest absolute Gasteiger partial charge is 0.309 e. The smallest absolute Gasteiger partial charge is 0.164 e. The van der Waals surface area contributed by atoms with Crippen molar-refractivity contribution in [1.82, 2.24) is 19.5 Å². The van der Waals surface area contributed by atoms with Crippen LogP contribution >= 0.6 is 0 Å². The van der Waals surface area contributed by atoms with Gasteiger partial charge in [0.1, 0.15) is 0 Å². The molecule has 0 N–H and O–H groups in total. The number of rotatable bonds is 8. The molecule has 2 aromatic heterocycles. The molecule has 0 saturated carbocycles. The standard InChI is InChI=1S/C54H40N4/c1-36-33-51-49(35-48(36)46-26-13-12-25-45(46)37(2)38-17-6-3-7-18-38)47-27-14-15-28-50(47)58(51)44-24-16-23-43(34-44)54-56-52(41-21-10-5-11-22-41)55-53(57-54)42-31-29-40(30-32-42)39-19-8-4-9-20-39/h3-35,37H,1-2H3/t37-/m0/s1. The number of nitrogens with zero attached hydrogens (tertiary/aromatic N) is 4. The van der Waals surface area contributed by atoms with Crippen molar-refractivity contribution in [2.45, 2.75) is 19.8 Å². The summed E-state index contributed by atoms with van der Waals surface area (Å²) in [7, 11) is 0. The molecule has 4 heteroatoms. The number of hydrogen-bond donors (Lipinski definition) is 0. The quantitative estimate of drug-likeness (QED) is 0.156. The SMILES string of the molecule is Cc1cc2c(cc1-c1ccccc1[C@@H](C)c1ccccc1)c1ccccc1n2-c1cccc(-c2nc(-c3ccccc3)nc(-c3ccc(-c4ccccc4)cc3)n2)c1. The Morgan fingerprint density at radius 2 is 0.931 bits per heavy atom. The summed E-state index contributed by atoms with van der Waals surface area (Å²) in [4.78, 5) is 15.2. The van der Waals surface area contributed by atoms with Crippen LogP contribution < -0.4 is 0 Å². The Hall–Kier alpha value is -7.43. The highest BCUT2D eigenvalue weighted by Crippen LogP contribution is 2.40. The minimum atomic E-state index is 0.253. The number of para-hydroxylation sites is 1. The first-order chi connectivity index (χ1) is 28.6. The summed E-state index contributed by atoms with van der Waals surface area (Å²) in [5.41, 5.74) is 14.9. The zero-order chi connectivity index (χ0) is 39.0. The van der Waals surface area contributed by atoms with Gasteiger partial charge in [-0.1, -0.05) is 177 Å². The van der Waals surface area contributed by atoms with Crippen LogP contribution in [0.15, 0.2) is 200 Å². The van der Waals surface area contributed by atoms with Gasteiger partial charge in [0.05, 0.1) is 11.0 Å². The van der Waals surface area contributed by atoms with Crippen molar-refractivity contribution in [3.63, 3.8) is 0 Å². The number of benzene rings is 8. The summed E-state index contributed by atoms with van der Waals surface area (Å²) >= 11 is 0. The van der Waals surface area contributed by atoms with Crippen molar-refractivity contribution in [3.05, 3.63) is 217 Å². The number of hydrogen-bond acceptors (Lipinski definition) is 3. The van der Waals surface area contributed by atoms with Gasteiger partial charge in [-0.05, 0) is 76.2 Å². The van der Waals surface area contributed by atoms with Gasteiger partial charge in [0.2, 0.25) is 0 Å². The second-order valence-electron chi connectivity index (χ2n) is 14.9. The summed E-state index contributed by atoms with van der Waals surface area (Å²) in [6.07, 6.45) is 0. The van der Waals surface area contributed by atoms with Crippen LogP contribution in [0.2, 0.25) is 0 Å². The molecule has 0 unspecified atom stereocenters. The minimum absolute atomic E-state index is 0.253. The van der Waals surface area contributed by atoms with E-state index in [1.165, 1.54) is 44.2 Å². The molecule has 0 spiro atoms. The molecule has 8 aromatic carbocycles. The molecule has 0 bridgehead atoms. The lowest BCUT2D eigenvalue weighted by Crippen LogP contribution is -2.01. The van der Waals surface area contributed by atoms with E-state index in [1.54, 1.807) is 0 Å². The maximum absolute atomic E-state index is 5.12. The first-order valence-electron chi connectivity index (χ1n) is 19.9. The van der Waals surface area contributed by atoms with Crippen molar-refractivity contribution in [1.29, 1.82) is 0 Å². The van der Waals surface area contributed by atoms with Gasteiger partial charge in [-0.3, -0.25) is 0 Å². The second kappa shape index (κ2) is 14.9. The first kappa shape index (κ1) is 35.0. The maximum Gasteiger partial charge on any atom is 0.164 e. The highest BCUT2D eigenvalue weighted by molar-refractivity contribution is 6.11. The van der Waals surface area contributed by atoms with Gasteiger partial charge in [0, 0.05) is 39.1 Å². The first-order valence-corrected chi connectivity index (χ1v) is 19.9. The van der Waals surface area contributed by atoms with E-state index in [0.29, 0.717) is 17.5 Å². The van der Waals surface area contributed by atoms with E-state index in [4.69, 9.17) is 15.0 Å². The van der Waals surface area contributed by atoms with Gasteiger partial charge >= 0.3 is 0 Å². The summed E-state index contributed by atoms with van der Waals surface area (Å²) in [5, 5.41) is 2.43. The monoisotopic (exact) mass is 744 g/mol. The minimum Gasteiger partial charge on any atom is -0.309 e. The van der Waals surface area contributed by atoms with Crippen LogP contribution in [-0.4, -0.2) is 19.5 Å². The van der Waals surface area contributed by atoms with Crippen molar-refractivity contribution >= 4 is 21.8 Å². The third kappa shape index (κ3) is 6.45. The molecule has 4 nitrogen and oxygen atoms in total. The Kier molecular flexibility index (Phi) is 9.00. The van der Waals surface area contributed by atoms with Crippen LogP contribution in [0.4, 0.5) is 0 Å². The van der Waals surface area contributed by atoms with E-state index in [0.717, 1.165) is 39.0 Å². The predicted octanol–water partition coefficient (Wildman–Crippen LogP) is 13.8. The molecule has 0 fully saturated rings. The van der Waals surface area contributed by atoms with Gasteiger partial charge in [-0.15, -0.1) is 0 Å². The number of aryl methyl sites for hydroxylation is 1. The lowest BCUT2D eigenvalue weighted by Gasteiger charge is -2.19. The molecule has 0 aliphatic rings. The molecule has 58 heavy (non-hydrogen) atoms. The summed E-state index contributed by atoms with van der Waals surface area (Å²) in [6.45, 7) is 4.54. The topological polar surface area (TPSA) is 43.6 Å². The molecule has 2 heterocycles. The lowest BCUT2D eigenvalue weighted by atomic mass is 9.85. The fourth-order valence-corrected chi connectivity index (χ4v) is 8.31. The molecular formula is C54H40N4. The Morgan fingerprint density at radius 3 is 1.66 bits per heavy atom. The highest BCUT2D eigenvalue weighted by atomic mass is 15.0. The van der Waals surface area contributed by atoms with E-state index in [1.807, 2.05) is 36.4 Å². The van der Waals surface area contributed by atoms with Crippen molar-refractivity contribution in [2.75, 3.05) is 0 Å². The molecular weight excluding hydrogens is 705 g/mol. The van der Waals surface area contributed by atoms with Crippen LogP contribution in [0.1, 0.15) is 29.5 Å². The van der Waals surface area contributed by atoms with Crippen molar-refractivity contribution < 1.29 is 0 Å². The number of fused-ring (bicyclic) bond motifs is 3. The zero-order valence-electron chi connectivity index (χ0n) is 32.4. The Labute approximate surface area is 338 Å². The molecule has 0 saturated heterocycles. The van der Waals surface area contributed by atoms with Crippen LogP contribution in [0.25, 0.3) is 83.9 Å².